The lowest BCUT2D eigenvalue weighted by Gasteiger charge is -2.12. The second-order valence-corrected chi connectivity index (χ2v) is 9.65. The van der Waals surface area contributed by atoms with E-state index in [1.807, 2.05) is 42.5 Å². The molecule has 0 unspecified atom stereocenters. The monoisotopic (exact) mass is 501 g/mol. The van der Waals surface area contributed by atoms with E-state index in [0.717, 1.165) is 30.4 Å². The lowest BCUT2D eigenvalue weighted by molar-refractivity contribution is 0.0472. The van der Waals surface area contributed by atoms with Crippen molar-refractivity contribution in [3.63, 3.8) is 0 Å². The first-order valence-corrected chi connectivity index (χ1v) is 12.3. The summed E-state index contributed by atoms with van der Waals surface area (Å²) in [7, 11) is -3.75. The SMILES string of the molecule is CCCCc1ccc(S(=O)(=O)Nc2ccc(C(=O)OCc3ccccc3)cc2Br)cc1. The molecule has 162 valence electrons. The third-order valence-corrected chi connectivity index (χ3v) is 6.75. The van der Waals surface area contributed by atoms with Gasteiger partial charge in [0.2, 0.25) is 0 Å². The Bertz CT molecular complexity index is 1130. The Balaban J connectivity index is 1.67. The molecular weight excluding hydrogens is 478 g/mol. The van der Waals surface area contributed by atoms with Gasteiger partial charge in [-0.3, -0.25) is 4.72 Å². The number of ether oxygens (including phenoxy) is 1. The van der Waals surface area contributed by atoms with Gasteiger partial charge in [0, 0.05) is 4.47 Å². The number of anilines is 1. The molecule has 7 heteroatoms. The number of carbonyl (C=O) groups is 1. The molecule has 0 aromatic heterocycles. The first kappa shape index (κ1) is 23.0. The van der Waals surface area contributed by atoms with Crippen LogP contribution in [0.25, 0.3) is 0 Å². The third kappa shape index (κ3) is 6.42. The number of aryl methyl sites for hydroxylation is 1. The van der Waals surface area contributed by atoms with E-state index in [-0.39, 0.29) is 11.5 Å². The Hall–Kier alpha value is -2.64. The first-order chi connectivity index (χ1) is 14.9. The fourth-order valence-electron chi connectivity index (χ4n) is 2.95. The molecule has 0 aliphatic rings. The molecule has 0 atom stereocenters. The Morgan fingerprint density at radius 1 is 0.968 bits per heavy atom. The van der Waals surface area contributed by atoms with Gasteiger partial charge in [-0.1, -0.05) is 55.8 Å². The zero-order valence-electron chi connectivity index (χ0n) is 17.2. The van der Waals surface area contributed by atoms with E-state index >= 15 is 0 Å². The summed E-state index contributed by atoms with van der Waals surface area (Å²) in [6, 6.07) is 20.9. The van der Waals surface area contributed by atoms with Gasteiger partial charge in [0.1, 0.15) is 6.61 Å². The summed E-state index contributed by atoms with van der Waals surface area (Å²) in [5, 5.41) is 0. The molecule has 3 aromatic carbocycles. The summed E-state index contributed by atoms with van der Waals surface area (Å²) < 4.78 is 33.8. The summed E-state index contributed by atoms with van der Waals surface area (Å²) in [5.41, 5.74) is 2.67. The van der Waals surface area contributed by atoms with Crippen LogP contribution in [0.4, 0.5) is 5.69 Å². The molecule has 5 nitrogen and oxygen atoms in total. The second kappa shape index (κ2) is 10.6. The summed E-state index contributed by atoms with van der Waals surface area (Å²) in [5.74, 6) is -0.485. The van der Waals surface area contributed by atoms with Gasteiger partial charge >= 0.3 is 5.97 Å². The van der Waals surface area contributed by atoms with Crippen molar-refractivity contribution in [1.82, 2.24) is 0 Å². The van der Waals surface area contributed by atoms with E-state index in [4.69, 9.17) is 4.74 Å². The molecule has 0 spiro atoms. The zero-order chi connectivity index (χ0) is 22.3. The summed E-state index contributed by atoms with van der Waals surface area (Å²) in [6.45, 7) is 2.29. The number of rotatable bonds is 9. The normalized spacial score (nSPS) is 11.2. The van der Waals surface area contributed by atoms with Crippen LogP contribution in [0.3, 0.4) is 0 Å². The predicted octanol–water partition coefficient (Wildman–Crippen LogP) is 5.95. The summed E-state index contributed by atoms with van der Waals surface area (Å²) in [6.07, 6.45) is 3.08. The number of esters is 1. The maximum absolute atomic E-state index is 12.7. The van der Waals surface area contributed by atoms with Crippen molar-refractivity contribution in [1.29, 1.82) is 0 Å². The van der Waals surface area contributed by atoms with E-state index in [9.17, 15) is 13.2 Å². The molecule has 0 radical (unpaired) electrons. The number of hydrogen-bond donors (Lipinski definition) is 1. The van der Waals surface area contributed by atoms with Gasteiger partial charge in [-0.25, -0.2) is 13.2 Å². The molecule has 0 heterocycles. The smallest absolute Gasteiger partial charge is 0.338 e. The van der Waals surface area contributed by atoms with Crippen LogP contribution < -0.4 is 4.72 Å². The summed E-state index contributed by atoms with van der Waals surface area (Å²) >= 11 is 3.34. The highest BCUT2D eigenvalue weighted by Gasteiger charge is 2.17. The van der Waals surface area contributed by atoms with Crippen LogP contribution in [0.2, 0.25) is 0 Å². The summed E-state index contributed by atoms with van der Waals surface area (Å²) in [4.78, 5) is 12.5. The third-order valence-electron chi connectivity index (χ3n) is 4.71. The predicted molar refractivity (Wildman–Crippen MR) is 126 cm³/mol. The molecular formula is C24H24BrNO4S. The van der Waals surface area contributed by atoms with Crippen LogP contribution in [-0.2, 0) is 27.8 Å². The maximum atomic E-state index is 12.7. The molecule has 0 saturated heterocycles. The molecule has 3 rings (SSSR count). The minimum atomic E-state index is -3.75. The highest BCUT2D eigenvalue weighted by molar-refractivity contribution is 9.10. The number of nitrogens with one attached hydrogen (secondary N) is 1. The number of hydrogen-bond acceptors (Lipinski definition) is 4. The van der Waals surface area contributed by atoms with Gasteiger partial charge in [-0.15, -0.1) is 0 Å². The number of benzene rings is 3. The fraction of sp³-hybridized carbons (Fsp3) is 0.208. The largest absolute Gasteiger partial charge is 0.457 e. The average molecular weight is 502 g/mol. The van der Waals surface area contributed by atoms with Gasteiger partial charge in [0.05, 0.1) is 16.1 Å². The zero-order valence-corrected chi connectivity index (χ0v) is 19.6. The maximum Gasteiger partial charge on any atom is 0.338 e. The van der Waals surface area contributed by atoms with E-state index in [2.05, 4.69) is 27.6 Å². The van der Waals surface area contributed by atoms with Crippen molar-refractivity contribution >= 4 is 37.6 Å². The second-order valence-electron chi connectivity index (χ2n) is 7.11. The van der Waals surface area contributed by atoms with Gasteiger partial charge in [0.25, 0.3) is 10.0 Å². The molecule has 0 amide bonds. The highest BCUT2D eigenvalue weighted by Crippen LogP contribution is 2.27. The molecule has 3 aromatic rings. The Labute approximate surface area is 191 Å². The Morgan fingerprint density at radius 2 is 1.68 bits per heavy atom. The Kier molecular flexibility index (Phi) is 7.87. The van der Waals surface area contributed by atoms with E-state index in [0.29, 0.717) is 15.7 Å². The number of carbonyl (C=O) groups excluding carboxylic acids is 1. The van der Waals surface area contributed by atoms with Gasteiger partial charge in [-0.05, 0) is 70.2 Å². The Morgan fingerprint density at radius 3 is 2.32 bits per heavy atom. The van der Waals surface area contributed by atoms with Gasteiger partial charge < -0.3 is 4.74 Å². The minimum absolute atomic E-state index is 0.167. The van der Waals surface area contributed by atoms with Crippen molar-refractivity contribution in [2.45, 2.75) is 37.7 Å². The van der Waals surface area contributed by atoms with E-state index in [1.165, 1.54) is 12.1 Å². The number of unbranched alkanes of at least 4 members (excludes halogenated alkanes) is 1. The van der Waals surface area contributed by atoms with Crippen molar-refractivity contribution in [2.24, 2.45) is 0 Å². The molecule has 0 aliphatic carbocycles. The van der Waals surface area contributed by atoms with Crippen LogP contribution in [0, 0.1) is 0 Å². The van der Waals surface area contributed by atoms with Crippen LogP contribution in [-0.4, -0.2) is 14.4 Å². The standard InChI is InChI=1S/C24H24BrNO4S/c1-2-3-7-18-10-13-21(14-11-18)31(28,29)26-23-15-12-20(16-22(23)25)24(27)30-17-19-8-5-4-6-9-19/h4-6,8-16,26H,2-3,7,17H2,1H3. The topological polar surface area (TPSA) is 72.5 Å². The first-order valence-electron chi connectivity index (χ1n) is 10.0. The minimum Gasteiger partial charge on any atom is -0.457 e. The van der Waals surface area contributed by atoms with Crippen molar-refractivity contribution in [2.75, 3.05) is 4.72 Å². The molecule has 0 fully saturated rings. The van der Waals surface area contributed by atoms with E-state index in [1.54, 1.807) is 18.2 Å². The fourth-order valence-corrected chi connectivity index (χ4v) is 4.64. The van der Waals surface area contributed by atoms with Crippen LogP contribution in [0.5, 0.6) is 0 Å². The number of sulfonamides is 1. The van der Waals surface area contributed by atoms with Gasteiger partial charge in [0.15, 0.2) is 0 Å². The van der Waals surface area contributed by atoms with Crippen LogP contribution in [0.1, 0.15) is 41.3 Å². The van der Waals surface area contributed by atoms with Crippen molar-refractivity contribution in [3.8, 4) is 0 Å². The van der Waals surface area contributed by atoms with Gasteiger partial charge in [-0.2, -0.15) is 0 Å². The van der Waals surface area contributed by atoms with E-state index < -0.39 is 16.0 Å². The highest BCUT2D eigenvalue weighted by atomic mass is 79.9. The number of halogens is 1. The molecule has 0 bridgehead atoms. The molecule has 31 heavy (non-hydrogen) atoms. The average Bonchev–Trinajstić information content (AvgIpc) is 2.78. The molecule has 0 saturated carbocycles. The van der Waals surface area contributed by atoms with Crippen LogP contribution >= 0.6 is 15.9 Å². The van der Waals surface area contributed by atoms with Crippen molar-refractivity contribution in [3.05, 3.63) is 94.0 Å². The van der Waals surface area contributed by atoms with Crippen LogP contribution in [0.15, 0.2) is 82.2 Å². The molecule has 1 N–H and O–H groups in total. The van der Waals surface area contributed by atoms with Crippen molar-refractivity contribution < 1.29 is 17.9 Å². The lowest BCUT2D eigenvalue weighted by Crippen LogP contribution is -2.14. The lowest BCUT2D eigenvalue weighted by atomic mass is 10.1. The quantitative estimate of drug-likeness (QED) is 0.367. The molecule has 0 aliphatic heterocycles.